The summed E-state index contributed by atoms with van der Waals surface area (Å²) in [4.78, 5) is 9.35. The van der Waals surface area contributed by atoms with Crippen molar-refractivity contribution in [2.75, 3.05) is 0 Å². The van der Waals surface area contributed by atoms with E-state index < -0.39 is 8.07 Å². The van der Waals surface area contributed by atoms with Crippen LogP contribution in [-0.2, 0) is 10.8 Å². The van der Waals surface area contributed by atoms with E-state index in [0.717, 1.165) is 17.0 Å². The van der Waals surface area contributed by atoms with Gasteiger partial charge in [-0.05, 0) is 84.9 Å². The van der Waals surface area contributed by atoms with Crippen LogP contribution in [0.3, 0.4) is 0 Å². The molecule has 3 heteroatoms. The van der Waals surface area contributed by atoms with Crippen LogP contribution in [0.1, 0.15) is 52.7 Å². The normalized spacial score (nSPS) is 14.0. The molecular weight excluding hydrogens is 597 g/mol. The number of pyridine rings is 1. The van der Waals surface area contributed by atoms with E-state index in [1.165, 1.54) is 71.1 Å². The minimum absolute atomic E-state index is 0.110. The highest BCUT2D eigenvalue weighted by atomic mass is 28.3. The molecule has 0 atom stereocenters. The van der Waals surface area contributed by atoms with Gasteiger partial charge in [0.1, 0.15) is 8.07 Å². The summed E-state index contributed by atoms with van der Waals surface area (Å²) in [5.41, 5.74) is 14.7. The highest BCUT2D eigenvalue weighted by Crippen LogP contribution is 2.39. The van der Waals surface area contributed by atoms with Gasteiger partial charge in [-0.15, -0.1) is 0 Å². The maximum absolute atomic E-state index is 5.56. The fraction of sp³-hybridized carbons (Fsp3) is 0.222. The molecule has 5 aromatic carbocycles. The summed E-state index contributed by atoms with van der Waals surface area (Å²) in [5, 5.41) is 5.43. The molecule has 3 heterocycles. The molecule has 2 nitrogen and oxygen atoms in total. The van der Waals surface area contributed by atoms with Crippen LogP contribution < -0.4 is 10.4 Å². The van der Waals surface area contributed by atoms with Crippen molar-refractivity contribution >= 4 is 40.3 Å². The lowest BCUT2D eigenvalue weighted by Crippen LogP contribution is -2.49. The Morgan fingerprint density at radius 3 is 1.65 bits per heavy atom. The fourth-order valence-electron chi connectivity index (χ4n) is 7.58. The van der Waals surface area contributed by atoms with Gasteiger partial charge >= 0.3 is 0 Å². The second-order valence-electron chi connectivity index (χ2n) is 16.3. The van der Waals surface area contributed by atoms with Gasteiger partial charge in [-0.3, -0.25) is 0 Å². The van der Waals surface area contributed by atoms with Crippen molar-refractivity contribution in [3.05, 3.63) is 126 Å². The Labute approximate surface area is 285 Å². The van der Waals surface area contributed by atoms with Gasteiger partial charge in [-0.25, -0.2) is 4.98 Å². The minimum Gasteiger partial charge on any atom is -0.354 e. The molecule has 0 unspecified atom stereocenters. The molecule has 0 aliphatic carbocycles. The number of H-pyrrole nitrogens is 1. The van der Waals surface area contributed by atoms with Gasteiger partial charge in [-0.1, -0.05) is 140 Å². The standard InChI is InChI=1S/C45H44N2Si/c1-44(2,3)33-17-13-28(14-18-33)30-25-31(29-15-19-34(20-16-29)45(4,5)6)27-32(26-30)37-22-24-40-43(46-37)41-39(48(40,7)8)23-21-36-35-11-9-10-12-38(35)47-42(36)41/h9-27,47H,1-8H3. The number of aromatic amines is 1. The molecule has 48 heavy (non-hydrogen) atoms. The minimum atomic E-state index is -1.92. The van der Waals surface area contributed by atoms with Crippen LogP contribution in [0.5, 0.6) is 0 Å². The molecule has 0 saturated heterocycles. The Kier molecular flexibility index (Phi) is 6.78. The first-order valence-electron chi connectivity index (χ1n) is 17.2. The summed E-state index contributed by atoms with van der Waals surface area (Å²) in [7, 11) is -1.92. The number of aromatic nitrogens is 2. The molecule has 1 aliphatic rings. The highest BCUT2D eigenvalue weighted by molar-refractivity contribution is 7.04. The average molecular weight is 641 g/mol. The molecule has 1 aliphatic heterocycles. The number of hydrogen-bond acceptors (Lipinski definition) is 1. The molecule has 0 fully saturated rings. The molecule has 0 saturated carbocycles. The number of rotatable bonds is 3. The second-order valence-corrected chi connectivity index (χ2v) is 20.6. The van der Waals surface area contributed by atoms with Crippen LogP contribution in [0.15, 0.2) is 115 Å². The van der Waals surface area contributed by atoms with Gasteiger partial charge < -0.3 is 4.98 Å². The van der Waals surface area contributed by atoms with Crippen LogP contribution in [0.4, 0.5) is 0 Å². The van der Waals surface area contributed by atoms with Gasteiger partial charge in [0, 0.05) is 27.4 Å². The Bertz CT molecular complexity index is 2280. The molecule has 1 N–H and O–H groups in total. The first-order chi connectivity index (χ1) is 22.8. The summed E-state index contributed by atoms with van der Waals surface area (Å²) in [6, 6.07) is 43.2. The van der Waals surface area contributed by atoms with E-state index in [-0.39, 0.29) is 10.8 Å². The number of nitrogens with zero attached hydrogens (tertiary/aromatic N) is 1. The van der Waals surface area contributed by atoms with Gasteiger partial charge in [0.05, 0.1) is 16.9 Å². The maximum atomic E-state index is 5.56. The third-order valence-corrected chi connectivity index (χ3v) is 14.1. The zero-order valence-electron chi connectivity index (χ0n) is 29.4. The third-order valence-electron chi connectivity index (χ3n) is 10.6. The SMILES string of the molecule is CC(C)(C)c1ccc(-c2cc(-c3ccc(C(C)(C)C)cc3)cc(-c3ccc4c(n3)-c3c(ccc5c3[nH]c3ccccc35)[Si]4(C)C)c2)cc1. The summed E-state index contributed by atoms with van der Waals surface area (Å²) in [5.74, 6) is 0. The summed E-state index contributed by atoms with van der Waals surface area (Å²) >= 11 is 0. The van der Waals surface area contributed by atoms with Gasteiger partial charge in [-0.2, -0.15) is 0 Å². The molecule has 0 bridgehead atoms. The van der Waals surface area contributed by atoms with Crippen LogP contribution in [0, 0.1) is 0 Å². The van der Waals surface area contributed by atoms with Crippen LogP contribution in [-0.4, -0.2) is 18.0 Å². The maximum Gasteiger partial charge on any atom is 0.116 e. The Hall–Kier alpha value is -4.73. The largest absolute Gasteiger partial charge is 0.354 e. The molecule has 2 aromatic heterocycles. The van der Waals surface area contributed by atoms with Crippen LogP contribution in [0.25, 0.3) is 66.6 Å². The topological polar surface area (TPSA) is 28.7 Å². The second kappa shape index (κ2) is 10.6. The van der Waals surface area contributed by atoms with Crippen molar-refractivity contribution in [1.82, 2.24) is 9.97 Å². The van der Waals surface area contributed by atoms with Crippen molar-refractivity contribution in [1.29, 1.82) is 0 Å². The van der Waals surface area contributed by atoms with E-state index in [1.807, 2.05) is 0 Å². The zero-order valence-corrected chi connectivity index (χ0v) is 30.4. The summed E-state index contributed by atoms with van der Waals surface area (Å²) in [6.07, 6.45) is 0. The molecular formula is C45H44N2Si. The number of fused-ring (bicyclic) bond motifs is 7. The number of benzene rings is 5. The monoisotopic (exact) mass is 640 g/mol. The van der Waals surface area contributed by atoms with Crippen molar-refractivity contribution in [3.63, 3.8) is 0 Å². The van der Waals surface area contributed by atoms with Gasteiger partial charge in [0.2, 0.25) is 0 Å². The molecule has 8 rings (SSSR count). The predicted molar refractivity (Wildman–Crippen MR) is 209 cm³/mol. The van der Waals surface area contributed by atoms with E-state index in [1.54, 1.807) is 0 Å². The lowest BCUT2D eigenvalue weighted by atomic mass is 9.85. The van der Waals surface area contributed by atoms with E-state index in [4.69, 9.17) is 4.98 Å². The Morgan fingerprint density at radius 2 is 1.06 bits per heavy atom. The average Bonchev–Trinajstić information content (AvgIpc) is 3.56. The molecule has 0 amide bonds. The smallest absolute Gasteiger partial charge is 0.116 e. The van der Waals surface area contributed by atoms with Crippen molar-refractivity contribution in [2.24, 2.45) is 0 Å². The van der Waals surface area contributed by atoms with E-state index >= 15 is 0 Å². The number of nitrogens with one attached hydrogen (secondary N) is 1. The Morgan fingerprint density at radius 1 is 0.521 bits per heavy atom. The van der Waals surface area contributed by atoms with Crippen molar-refractivity contribution in [3.8, 4) is 44.8 Å². The molecule has 0 radical (unpaired) electrons. The fourth-order valence-corrected chi connectivity index (χ4v) is 10.5. The quantitative estimate of drug-likeness (QED) is 0.191. The molecule has 238 valence electrons. The molecule has 7 aromatic rings. The summed E-state index contributed by atoms with van der Waals surface area (Å²) < 4.78 is 0. The van der Waals surface area contributed by atoms with Crippen molar-refractivity contribution < 1.29 is 0 Å². The lowest BCUT2D eigenvalue weighted by Gasteiger charge is -2.20. The van der Waals surface area contributed by atoms with Crippen molar-refractivity contribution in [2.45, 2.75) is 65.5 Å². The zero-order chi connectivity index (χ0) is 33.6. The third kappa shape index (κ3) is 4.95. The predicted octanol–water partition coefficient (Wildman–Crippen LogP) is 11.1. The highest BCUT2D eigenvalue weighted by Gasteiger charge is 2.40. The van der Waals surface area contributed by atoms with E-state index in [0.29, 0.717) is 0 Å². The van der Waals surface area contributed by atoms with Gasteiger partial charge in [0.25, 0.3) is 0 Å². The Balaban J connectivity index is 1.31. The summed E-state index contributed by atoms with van der Waals surface area (Å²) in [6.45, 7) is 18.6. The first kappa shape index (κ1) is 30.6. The molecule has 0 spiro atoms. The van der Waals surface area contributed by atoms with E-state index in [2.05, 4.69) is 175 Å². The van der Waals surface area contributed by atoms with Crippen LogP contribution >= 0.6 is 0 Å². The number of para-hydroxylation sites is 1. The number of hydrogen-bond donors (Lipinski definition) is 1. The van der Waals surface area contributed by atoms with Gasteiger partial charge in [0.15, 0.2) is 0 Å². The van der Waals surface area contributed by atoms with E-state index in [9.17, 15) is 0 Å². The lowest BCUT2D eigenvalue weighted by molar-refractivity contribution is 0.590. The first-order valence-corrected chi connectivity index (χ1v) is 20.2. The van der Waals surface area contributed by atoms with Crippen LogP contribution in [0.2, 0.25) is 13.1 Å².